The number of Topliss-reactive ketones (excluding diaryl/α,β-unsaturated/α-hetero) is 1. The van der Waals surface area contributed by atoms with Gasteiger partial charge in [0.25, 0.3) is 0 Å². The molecular weight excluding hydrogens is 144 g/mol. The Morgan fingerprint density at radius 2 is 2.44 bits per heavy atom. The lowest BCUT2D eigenvalue weighted by molar-refractivity contribution is -0.132. The summed E-state index contributed by atoms with van der Waals surface area (Å²) in [5.41, 5.74) is 0. The number of aldehydes is 1. The maximum absolute atomic E-state index is 10.5. The van der Waals surface area contributed by atoms with Gasteiger partial charge in [-0.1, -0.05) is 0 Å². The Morgan fingerprint density at radius 3 is 2.56 bits per heavy atom. The fourth-order valence-corrected chi connectivity index (χ4v) is 0.491. The van der Waals surface area contributed by atoms with Crippen LogP contribution in [0.25, 0.3) is 0 Å². The van der Waals surface area contributed by atoms with E-state index in [2.05, 4.69) is 4.74 Å². The van der Waals surface area contributed by atoms with Crippen LogP contribution >= 0.6 is 11.6 Å². The normalized spacial score (nSPS) is 12.7. The highest BCUT2D eigenvalue weighted by atomic mass is 35.5. The third-order valence-corrected chi connectivity index (χ3v) is 1.09. The molecule has 0 spiro atoms. The molecule has 0 bridgehead atoms. The molecule has 0 heterocycles. The quantitative estimate of drug-likeness (QED) is 0.322. The van der Waals surface area contributed by atoms with E-state index >= 15 is 0 Å². The van der Waals surface area contributed by atoms with Crippen LogP contribution in [0.1, 0.15) is 0 Å². The van der Waals surface area contributed by atoms with Crippen LogP contribution in [0, 0.1) is 0 Å². The molecule has 0 saturated carbocycles. The number of alkyl halides is 1. The first-order chi connectivity index (χ1) is 4.26. The average Bonchev–Trinajstić information content (AvgIpc) is 1.90. The minimum absolute atomic E-state index is 0.183. The van der Waals surface area contributed by atoms with Gasteiger partial charge in [-0.25, -0.2) is 0 Å². The standard InChI is InChI=1S/C5H7ClO3/c1-9-5(3-7)4(8)2-6/h3,5H,2H2,1H3. The highest BCUT2D eigenvalue weighted by molar-refractivity contribution is 6.29. The molecule has 0 aliphatic carbocycles. The van der Waals surface area contributed by atoms with Gasteiger partial charge in [-0.15, -0.1) is 11.6 Å². The second kappa shape index (κ2) is 4.47. The van der Waals surface area contributed by atoms with Crippen LogP contribution in [0.2, 0.25) is 0 Å². The Hall–Kier alpha value is -0.410. The maximum Gasteiger partial charge on any atom is 0.183 e. The van der Waals surface area contributed by atoms with Crippen molar-refractivity contribution in [3.63, 3.8) is 0 Å². The van der Waals surface area contributed by atoms with Gasteiger partial charge in [0, 0.05) is 7.11 Å². The van der Waals surface area contributed by atoms with Crippen molar-refractivity contribution in [2.75, 3.05) is 13.0 Å². The highest BCUT2D eigenvalue weighted by Gasteiger charge is 2.13. The maximum atomic E-state index is 10.5. The third-order valence-electron chi connectivity index (χ3n) is 0.827. The van der Waals surface area contributed by atoms with Crippen molar-refractivity contribution < 1.29 is 14.3 Å². The van der Waals surface area contributed by atoms with Crippen molar-refractivity contribution in [2.24, 2.45) is 0 Å². The Balaban J connectivity index is 3.78. The zero-order valence-corrected chi connectivity index (χ0v) is 5.72. The van der Waals surface area contributed by atoms with Gasteiger partial charge in [0.2, 0.25) is 0 Å². The molecule has 1 unspecified atom stereocenters. The molecular formula is C5H7ClO3. The van der Waals surface area contributed by atoms with Crippen molar-refractivity contribution in [2.45, 2.75) is 6.10 Å². The van der Waals surface area contributed by atoms with Gasteiger partial charge in [0.1, 0.15) is 0 Å². The van der Waals surface area contributed by atoms with Gasteiger partial charge in [0.05, 0.1) is 5.88 Å². The first-order valence-corrected chi connectivity index (χ1v) is 2.86. The molecule has 4 heteroatoms. The van der Waals surface area contributed by atoms with Crippen LogP contribution < -0.4 is 0 Å². The van der Waals surface area contributed by atoms with Gasteiger partial charge >= 0.3 is 0 Å². The molecule has 0 aliphatic heterocycles. The van der Waals surface area contributed by atoms with Gasteiger partial charge in [-0.3, -0.25) is 9.59 Å². The van der Waals surface area contributed by atoms with E-state index in [-0.39, 0.29) is 5.88 Å². The Kier molecular flexibility index (Phi) is 4.26. The molecule has 0 fully saturated rings. The number of carbonyl (C=O) groups is 2. The number of methoxy groups -OCH3 is 1. The summed E-state index contributed by atoms with van der Waals surface area (Å²) in [4.78, 5) is 20.4. The molecule has 1 atom stereocenters. The second-order valence-corrected chi connectivity index (χ2v) is 1.66. The number of halogens is 1. The molecule has 0 aromatic carbocycles. The van der Waals surface area contributed by atoms with Crippen LogP contribution in [0.15, 0.2) is 0 Å². The Bertz CT molecular complexity index is 113. The highest BCUT2D eigenvalue weighted by Crippen LogP contribution is 1.89. The van der Waals surface area contributed by atoms with E-state index in [1.807, 2.05) is 0 Å². The number of ketones is 1. The summed E-state index contributed by atoms with van der Waals surface area (Å²) in [7, 11) is 1.28. The van der Waals surface area contributed by atoms with E-state index < -0.39 is 11.9 Å². The summed E-state index contributed by atoms with van der Waals surface area (Å²) in [6.45, 7) is 0. The molecule has 0 radical (unpaired) electrons. The van der Waals surface area contributed by atoms with Crippen molar-refractivity contribution in [1.29, 1.82) is 0 Å². The van der Waals surface area contributed by atoms with E-state index in [4.69, 9.17) is 11.6 Å². The second-order valence-electron chi connectivity index (χ2n) is 1.39. The first kappa shape index (κ1) is 8.59. The largest absolute Gasteiger partial charge is 0.366 e. The van der Waals surface area contributed by atoms with Crippen molar-refractivity contribution >= 4 is 23.7 Å². The summed E-state index contributed by atoms with van der Waals surface area (Å²) in [5.74, 6) is -0.591. The molecule has 0 amide bonds. The fraction of sp³-hybridized carbons (Fsp3) is 0.600. The topological polar surface area (TPSA) is 43.4 Å². The SMILES string of the molecule is COC(C=O)C(=O)CCl. The Morgan fingerprint density at radius 1 is 1.89 bits per heavy atom. The van der Waals surface area contributed by atoms with Crippen LogP contribution in [0.3, 0.4) is 0 Å². The van der Waals surface area contributed by atoms with Gasteiger partial charge < -0.3 is 4.74 Å². The minimum atomic E-state index is -0.984. The number of hydrogen-bond acceptors (Lipinski definition) is 3. The van der Waals surface area contributed by atoms with E-state index in [1.54, 1.807) is 0 Å². The summed E-state index contributed by atoms with van der Waals surface area (Å²) in [6.07, 6.45) is -0.562. The van der Waals surface area contributed by atoms with Crippen LogP contribution in [0.4, 0.5) is 0 Å². The van der Waals surface area contributed by atoms with Crippen LogP contribution in [-0.2, 0) is 14.3 Å². The lowest BCUT2D eigenvalue weighted by atomic mass is 10.3. The summed E-state index contributed by atoms with van der Waals surface area (Å²) >= 11 is 5.12. The molecule has 0 aromatic rings. The zero-order valence-electron chi connectivity index (χ0n) is 4.96. The smallest absolute Gasteiger partial charge is 0.183 e. The van der Waals surface area contributed by atoms with E-state index in [0.717, 1.165) is 0 Å². The van der Waals surface area contributed by atoms with Gasteiger partial charge in [-0.05, 0) is 0 Å². The monoisotopic (exact) mass is 150 g/mol. The molecule has 0 N–H and O–H groups in total. The van der Waals surface area contributed by atoms with Gasteiger partial charge in [0.15, 0.2) is 18.2 Å². The first-order valence-electron chi connectivity index (χ1n) is 2.33. The van der Waals surface area contributed by atoms with Crippen molar-refractivity contribution in [3.05, 3.63) is 0 Å². The Labute approximate surface area is 57.9 Å². The zero-order chi connectivity index (χ0) is 7.28. The van der Waals surface area contributed by atoms with E-state index in [0.29, 0.717) is 6.29 Å². The molecule has 0 aliphatic rings. The van der Waals surface area contributed by atoms with E-state index in [9.17, 15) is 9.59 Å². The lowest BCUT2D eigenvalue weighted by Gasteiger charge is -2.01. The number of hydrogen-bond donors (Lipinski definition) is 0. The molecule has 9 heavy (non-hydrogen) atoms. The van der Waals surface area contributed by atoms with Crippen molar-refractivity contribution in [3.8, 4) is 0 Å². The fourth-order valence-electron chi connectivity index (χ4n) is 0.339. The van der Waals surface area contributed by atoms with Crippen LogP contribution in [0.5, 0.6) is 0 Å². The number of ether oxygens (including phenoxy) is 1. The summed E-state index contributed by atoms with van der Waals surface area (Å²) < 4.78 is 4.45. The molecule has 0 saturated heterocycles. The molecule has 0 rings (SSSR count). The lowest BCUT2D eigenvalue weighted by Crippen LogP contribution is -2.25. The van der Waals surface area contributed by atoms with Crippen LogP contribution in [-0.4, -0.2) is 31.2 Å². The summed E-state index contributed by atoms with van der Waals surface area (Å²) in [6, 6.07) is 0. The summed E-state index contributed by atoms with van der Waals surface area (Å²) in [5, 5.41) is 0. The van der Waals surface area contributed by atoms with Gasteiger partial charge in [-0.2, -0.15) is 0 Å². The third kappa shape index (κ3) is 2.58. The average molecular weight is 151 g/mol. The predicted molar refractivity (Wildman–Crippen MR) is 32.6 cm³/mol. The van der Waals surface area contributed by atoms with E-state index in [1.165, 1.54) is 7.11 Å². The number of rotatable bonds is 4. The molecule has 3 nitrogen and oxygen atoms in total. The minimum Gasteiger partial charge on any atom is -0.366 e. The predicted octanol–water partition coefficient (Wildman–Crippen LogP) is 0.00820. The molecule has 52 valence electrons. The molecule has 0 aromatic heterocycles. The number of carbonyl (C=O) groups excluding carboxylic acids is 2. The van der Waals surface area contributed by atoms with Crippen molar-refractivity contribution in [1.82, 2.24) is 0 Å².